The van der Waals surface area contributed by atoms with Crippen LogP contribution < -0.4 is 10.9 Å². The summed E-state index contributed by atoms with van der Waals surface area (Å²) in [6.45, 7) is 2.35. The molecule has 0 radical (unpaired) electrons. The van der Waals surface area contributed by atoms with Crippen molar-refractivity contribution in [2.75, 3.05) is 11.1 Å². The molecule has 0 spiro atoms. The van der Waals surface area contributed by atoms with Gasteiger partial charge in [-0.05, 0) is 30.7 Å². The minimum atomic E-state index is -0.231. The summed E-state index contributed by atoms with van der Waals surface area (Å²) in [7, 11) is 0. The predicted octanol–water partition coefficient (Wildman–Crippen LogP) is 4.75. The first-order valence-electron chi connectivity index (χ1n) is 9.61. The summed E-state index contributed by atoms with van der Waals surface area (Å²) in [5.74, 6) is -0.134. The summed E-state index contributed by atoms with van der Waals surface area (Å²) in [5.41, 5.74) is 3.52. The van der Waals surface area contributed by atoms with E-state index in [1.807, 2.05) is 48.7 Å². The van der Waals surface area contributed by atoms with E-state index in [9.17, 15) is 9.59 Å². The fourth-order valence-electron chi connectivity index (χ4n) is 3.19. The molecule has 4 aromatic rings. The molecule has 0 aliphatic heterocycles. The minimum absolute atomic E-state index is 0.0932. The molecule has 0 fully saturated rings. The van der Waals surface area contributed by atoms with Crippen molar-refractivity contribution in [1.82, 2.24) is 9.55 Å². The molecule has 1 amide bonds. The number of anilines is 1. The number of carbonyl (C=O) groups excluding carboxylic acids is 1. The Kier molecular flexibility index (Phi) is 6.16. The van der Waals surface area contributed by atoms with Gasteiger partial charge in [0.15, 0.2) is 5.16 Å². The molecule has 4 rings (SSSR count). The molecule has 0 aliphatic carbocycles. The van der Waals surface area contributed by atoms with Gasteiger partial charge in [-0.25, -0.2) is 4.98 Å². The van der Waals surface area contributed by atoms with E-state index in [0.717, 1.165) is 11.1 Å². The van der Waals surface area contributed by atoms with Gasteiger partial charge in [0, 0.05) is 23.2 Å². The fourth-order valence-corrected chi connectivity index (χ4v) is 5.00. The van der Waals surface area contributed by atoms with E-state index in [2.05, 4.69) is 5.32 Å². The van der Waals surface area contributed by atoms with Crippen molar-refractivity contribution >= 4 is 44.9 Å². The standard InChI is InChI=1S/C23H18N4O2S2/c1-2-27-22(29)21-20(18(13-30-21)16-8-4-3-5-9-16)26-23(27)31-14-19(28)25-17-10-6-7-15(11-17)12-24/h3-11,13H,2,14H2,1H3,(H,25,28). The maximum Gasteiger partial charge on any atom is 0.272 e. The van der Waals surface area contributed by atoms with Crippen LogP contribution in [0.3, 0.4) is 0 Å². The van der Waals surface area contributed by atoms with Crippen LogP contribution in [0.5, 0.6) is 0 Å². The van der Waals surface area contributed by atoms with Crippen molar-refractivity contribution in [3.63, 3.8) is 0 Å². The lowest BCUT2D eigenvalue weighted by atomic mass is 10.1. The first-order chi connectivity index (χ1) is 15.1. The Hall–Kier alpha value is -3.41. The van der Waals surface area contributed by atoms with E-state index < -0.39 is 0 Å². The number of carbonyl (C=O) groups is 1. The molecule has 1 N–H and O–H groups in total. The maximum absolute atomic E-state index is 13.0. The Balaban J connectivity index is 1.61. The predicted molar refractivity (Wildman–Crippen MR) is 126 cm³/mol. The quantitative estimate of drug-likeness (QED) is 0.341. The zero-order chi connectivity index (χ0) is 21.8. The highest BCUT2D eigenvalue weighted by atomic mass is 32.2. The third-order valence-electron chi connectivity index (χ3n) is 4.65. The second kappa shape index (κ2) is 9.16. The lowest BCUT2D eigenvalue weighted by Crippen LogP contribution is -2.22. The first-order valence-corrected chi connectivity index (χ1v) is 11.5. The molecule has 0 bridgehead atoms. The van der Waals surface area contributed by atoms with Crippen molar-refractivity contribution in [2.45, 2.75) is 18.6 Å². The van der Waals surface area contributed by atoms with Crippen LogP contribution in [0.25, 0.3) is 21.3 Å². The molecular formula is C23H18N4O2S2. The zero-order valence-corrected chi connectivity index (χ0v) is 18.3. The number of thiophene rings is 1. The van der Waals surface area contributed by atoms with Crippen LogP contribution in [0.1, 0.15) is 12.5 Å². The highest BCUT2D eigenvalue weighted by Gasteiger charge is 2.17. The third kappa shape index (κ3) is 4.38. The SMILES string of the molecule is CCn1c(SCC(=O)Nc2cccc(C#N)c2)nc2c(-c3ccccc3)csc2c1=O. The van der Waals surface area contributed by atoms with Crippen LogP contribution >= 0.6 is 23.1 Å². The van der Waals surface area contributed by atoms with Crippen LogP contribution in [0.15, 0.2) is 69.9 Å². The number of nitriles is 1. The van der Waals surface area contributed by atoms with Gasteiger partial charge in [-0.1, -0.05) is 48.2 Å². The second-order valence-corrected chi connectivity index (χ2v) is 8.49. The average molecular weight is 447 g/mol. The summed E-state index contributed by atoms with van der Waals surface area (Å²) >= 11 is 2.62. The van der Waals surface area contributed by atoms with E-state index in [4.69, 9.17) is 10.2 Å². The smallest absolute Gasteiger partial charge is 0.272 e. The van der Waals surface area contributed by atoms with Gasteiger partial charge < -0.3 is 5.32 Å². The third-order valence-corrected chi connectivity index (χ3v) is 6.59. The molecular weight excluding hydrogens is 428 g/mol. The van der Waals surface area contributed by atoms with Crippen molar-refractivity contribution in [3.8, 4) is 17.2 Å². The number of rotatable bonds is 6. The Morgan fingerprint density at radius 3 is 2.77 bits per heavy atom. The van der Waals surface area contributed by atoms with E-state index >= 15 is 0 Å². The van der Waals surface area contributed by atoms with Crippen LogP contribution in [-0.4, -0.2) is 21.2 Å². The Morgan fingerprint density at radius 1 is 1.23 bits per heavy atom. The molecule has 0 unspecified atom stereocenters. The van der Waals surface area contributed by atoms with Gasteiger partial charge in [-0.3, -0.25) is 14.2 Å². The molecule has 2 aromatic carbocycles. The Morgan fingerprint density at radius 2 is 2.03 bits per heavy atom. The molecule has 0 saturated heterocycles. The average Bonchev–Trinajstić information content (AvgIpc) is 3.23. The van der Waals surface area contributed by atoms with Crippen LogP contribution in [0, 0.1) is 11.3 Å². The summed E-state index contributed by atoms with van der Waals surface area (Å²) in [6.07, 6.45) is 0. The Labute approximate surface area is 187 Å². The number of benzene rings is 2. The molecule has 6 nitrogen and oxygen atoms in total. The Bertz CT molecular complexity index is 1350. The number of hydrogen-bond acceptors (Lipinski definition) is 6. The molecule has 0 aliphatic rings. The summed E-state index contributed by atoms with van der Waals surface area (Å²) in [5, 5.41) is 14.2. The molecule has 2 heterocycles. The zero-order valence-electron chi connectivity index (χ0n) is 16.7. The van der Waals surface area contributed by atoms with Gasteiger partial charge in [0.1, 0.15) is 4.70 Å². The largest absolute Gasteiger partial charge is 0.325 e. The van der Waals surface area contributed by atoms with Gasteiger partial charge >= 0.3 is 0 Å². The highest BCUT2D eigenvalue weighted by Crippen LogP contribution is 2.32. The van der Waals surface area contributed by atoms with Crippen LogP contribution in [0.2, 0.25) is 0 Å². The maximum atomic E-state index is 13.0. The summed E-state index contributed by atoms with van der Waals surface area (Å²) < 4.78 is 2.21. The van der Waals surface area contributed by atoms with Crippen molar-refractivity contribution < 1.29 is 4.79 Å². The number of thioether (sulfide) groups is 1. The molecule has 8 heteroatoms. The number of amides is 1. The fraction of sp³-hybridized carbons (Fsp3) is 0.130. The molecule has 0 atom stereocenters. The van der Waals surface area contributed by atoms with Gasteiger partial charge in [0.25, 0.3) is 5.56 Å². The van der Waals surface area contributed by atoms with Crippen molar-refractivity contribution in [1.29, 1.82) is 5.26 Å². The first kappa shape index (κ1) is 20.8. The van der Waals surface area contributed by atoms with Crippen LogP contribution in [0.4, 0.5) is 5.69 Å². The summed E-state index contributed by atoms with van der Waals surface area (Å²) in [4.78, 5) is 30.2. The topological polar surface area (TPSA) is 87.8 Å². The number of hydrogen-bond donors (Lipinski definition) is 1. The minimum Gasteiger partial charge on any atom is -0.325 e. The van der Waals surface area contributed by atoms with E-state index in [1.165, 1.54) is 23.1 Å². The van der Waals surface area contributed by atoms with E-state index in [-0.39, 0.29) is 17.2 Å². The molecule has 31 heavy (non-hydrogen) atoms. The lowest BCUT2D eigenvalue weighted by Gasteiger charge is -2.11. The van der Waals surface area contributed by atoms with Crippen molar-refractivity contribution in [3.05, 3.63) is 75.9 Å². The highest BCUT2D eigenvalue weighted by molar-refractivity contribution is 7.99. The number of nitrogens with one attached hydrogen (secondary N) is 1. The second-order valence-electron chi connectivity index (χ2n) is 6.67. The van der Waals surface area contributed by atoms with Gasteiger partial charge in [-0.2, -0.15) is 5.26 Å². The normalized spacial score (nSPS) is 10.7. The van der Waals surface area contributed by atoms with Gasteiger partial charge in [-0.15, -0.1) is 11.3 Å². The number of aromatic nitrogens is 2. The molecule has 154 valence electrons. The molecule has 2 aromatic heterocycles. The van der Waals surface area contributed by atoms with Crippen molar-refractivity contribution in [2.24, 2.45) is 0 Å². The van der Waals surface area contributed by atoms with Gasteiger partial charge in [0.05, 0.1) is 22.9 Å². The van der Waals surface area contributed by atoms with E-state index in [1.54, 1.807) is 28.8 Å². The van der Waals surface area contributed by atoms with Gasteiger partial charge in [0.2, 0.25) is 5.91 Å². The monoisotopic (exact) mass is 446 g/mol. The lowest BCUT2D eigenvalue weighted by molar-refractivity contribution is -0.113. The molecule has 0 saturated carbocycles. The van der Waals surface area contributed by atoms with E-state index in [0.29, 0.717) is 33.2 Å². The van der Waals surface area contributed by atoms with Crippen LogP contribution in [-0.2, 0) is 11.3 Å². The summed E-state index contributed by atoms with van der Waals surface area (Å²) in [6, 6.07) is 18.6. The number of fused-ring (bicyclic) bond motifs is 1. The number of nitrogens with zero attached hydrogens (tertiary/aromatic N) is 3.